The quantitative estimate of drug-likeness (QED) is 0.575. The Morgan fingerprint density at radius 2 is 1.81 bits per heavy atom. The van der Waals surface area contributed by atoms with Crippen molar-refractivity contribution in [3.05, 3.63) is 0 Å². The van der Waals surface area contributed by atoms with Gasteiger partial charge in [0.2, 0.25) is 17.8 Å². The molecule has 7 heteroatoms. The molecule has 1 aromatic heterocycles. The SMILES string of the molecule is CC1(C)CCCC1Nc1nc(NN)nc(N2CCCC2)n1. The van der Waals surface area contributed by atoms with E-state index in [9.17, 15) is 0 Å². The normalized spacial score (nSPS) is 24.3. The highest BCUT2D eigenvalue weighted by Crippen LogP contribution is 2.38. The lowest BCUT2D eigenvalue weighted by Crippen LogP contribution is -2.32. The summed E-state index contributed by atoms with van der Waals surface area (Å²) in [6.45, 7) is 6.59. The van der Waals surface area contributed by atoms with Gasteiger partial charge >= 0.3 is 0 Å². The Balaban J connectivity index is 1.82. The van der Waals surface area contributed by atoms with Crippen molar-refractivity contribution in [3.8, 4) is 0 Å². The Bertz CT molecular complexity index is 496. The van der Waals surface area contributed by atoms with Crippen LogP contribution in [0.15, 0.2) is 0 Å². The van der Waals surface area contributed by atoms with Crippen LogP contribution in [0.2, 0.25) is 0 Å². The summed E-state index contributed by atoms with van der Waals surface area (Å²) in [6, 6.07) is 0.400. The summed E-state index contributed by atoms with van der Waals surface area (Å²) in [5.74, 6) is 7.26. The Labute approximate surface area is 125 Å². The third kappa shape index (κ3) is 3.02. The highest BCUT2D eigenvalue weighted by atomic mass is 15.4. The van der Waals surface area contributed by atoms with E-state index in [0.29, 0.717) is 23.9 Å². The summed E-state index contributed by atoms with van der Waals surface area (Å²) in [5, 5.41) is 3.49. The number of rotatable bonds is 4. The van der Waals surface area contributed by atoms with E-state index < -0.39 is 0 Å². The number of hydrogen-bond donors (Lipinski definition) is 3. The minimum Gasteiger partial charge on any atom is -0.351 e. The van der Waals surface area contributed by atoms with Crippen molar-refractivity contribution in [2.45, 2.75) is 52.0 Å². The molecule has 7 nitrogen and oxygen atoms in total. The second-order valence-electron chi connectivity index (χ2n) is 6.70. The first-order valence-corrected chi connectivity index (χ1v) is 7.83. The van der Waals surface area contributed by atoms with Crippen molar-refractivity contribution in [3.63, 3.8) is 0 Å². The van der Waals surface area contributed by atoms with Crippen LogP contribution in [0, 0.1) is 5.41 Å². The molecule has 0 spiro atoms. The molecule has 1 aromatic rings. The summed E-state index contributed by atoms with van der Waals surface area (Å²) in [6.07, 6.45) is 6.02. The van der Waals surface area contributed by atoms with E-state index in [2.05, 4.69) is 44.4 Å². The van der Waals surface area contributed by atoms with Gasteiger partial charge in [-0.15, -0.1) is 0 Å². The molecule has 2 heterocycles. The van der Waals surface area contributed by atoms with Crippen LogP contribution < -0.4 is 21.5 Å². The van der Waals surface area contributed by atoms with Crippen LogP contribution in [-0.4, -0.2) is 34.1 Å². The first-order chi connectivity index (χ1) is 10.1. The zero-order valence-corrected chi connectivity index (χ0v) is 12.9. The molecule has 21 heavy (non-hydrogen) atoms. The number of hydrazine groups is 1. The fourth-order valence-electron chi connectivity index (χ4n) is 3.30. The molecule has 3 rings (SSSR count). The largest absolute Gasteiger partial charge is 0.351 e. The van der Waals surface area contributed by atoms with Gasteiger partial charge in [-0.3, -0.25) is 5.43 Å². The van der Waals surface area contributed by atoms with Crippen LogP contribution in [-0.2, 0) is 0 Å². The maximum atomic E-state index is 5.50. The Hall–Kier alpha value is -1.63. The summed E-state index contributed by atoms with van der Waals surface area (Å²) in [7, 11) is 0. The molecule has 2 fully saturated rings. The van der Waals surface area contributed by atoms with E-state index >= 15 is 0 Å². The third-order valence-corrected chi connectivity index (χ3v) is 4.70. The maximum Gasteiger partial charge on any atom is 0.243 e. The fourth-order valence-corrected chi connectivity index (χ4v) is 3.30. The maximum absolute atomic E-state index is 5.50. The van der Waals surface area contributed by atoms with E-state index in [4.69, 9.17) is 5.84 Å². The van der Waals surface area contributed by atoms with Crippen LogP contribution >= 0.6 is 0 Å². The monoisotopic (exact) mass is 291 g/mol. The predicted octanol–water partition coefficient (Wildman–Crippen LogP) is 1.75. The van der Waals surface area contributed by atoms with Gasteiger partial charge in [0.15, 0.2) is 0 Å². The van der Waals surface area contributed by atoms with E-state index in [1.807, 2.05) is 0 Å². The molecule has 4 N–H and O–H groups in total. The van der Waals surface area contributed by atoms with Gasteiger partial charge in [-0.25, -0.2) is 5.84 Å². The number of hydrogen-bond acceptors (Lipinski definition) is 7. The van der Waals surface area contributed by atoms with Crippen molar-refractivity contribution in [1.29, 1.82) is 0 Å². The van der Waals surface area contributed by atoms with Crippen molar-refractivity contribution in [2.75, 3.05) is 28.7 Å². The van der Waals surface area contributed by atoms with Crippen molar-refractivity contribution in [2.24, 2.45) is 11.3 Å². The summed E-state index contributed by atoms with van der Waals surface area (Å²) in [4.78, 5) is 15.5. The molecule has 116 valence electrons. The lowest BCUT2D eigenvalue weighted by atomic mass is 9.87. The van der Waals surface area contributed by atoms with Crippen LogP contribution in [0.25, 0.3) is 0 Å². The highest BCUT2D eigenvalue weighted by Gasteiger charge is 2.35. The Morgan fingerprint density at radius 3 is 2.43 bits per heavy atom. The fraction of sp³-hybridized carbons (Fsp3) is 0.786. The summed E-state index contributed by atoms with van der Waals surface area (Å²) in [5.41, 5.74) is 2.82. The minimum absolute atomic E-state index is 0.275. The molecule has 1 aliphatic heterocycles. The molecule has 0 amide bonds. The Kier molecular flexibility index (Phi) is 3.84. The number of nitrogens with one attached hydrogen (secondary N) is 2. The standard InChI is InChI=1S/C14H25N7/c1-14(2)7-5-6-10(14)16-11-17-12(20-15)19-13(18-11)21-8-3-4-9-21/h10H,3-9,15H2,1-2H3,(H2,16,17,18,19,20). The molecule has 1 saturated carbocycles. The van der Waals surface area contributed by atoms with Gasteiger partial charge < -0.3 is 10.2 Å². The van der Waals surface area contributed by atoms with E-state index in [1.54, 1.807) is 0 Å². The Morgan fingerprint density at radius 1 is 1.10 bits per heavy atom. The highest BCUT2D eigenvalue weighted by molar-refractivity contribution is 5.44. The zero-order valence-electron chi connectivity index (χ0n) is 12.9. The number of nitrogen functional groups attached to an aromatic ring is 1. The van der Waals surface area contributed by atoms with E-state index in [-0.39, 0.29) is 5.41 Å². The molecule has 1 aliphatic carbocycles. The summed E-state index contributed by atoms with van der Waals surface area (Å²) >= 11 is 0. The van der Waals surface area contributed by atoms with Gasteiger partial charge in [0.1, 0.15) is 0 Å². The van der Waals surface area contributed by atoms with Gasteiger partial charge in [0.25, 0.3) is 0 Å². The molecule has 2 aliphatic rings. The number of nitrogens with zero attached hydrogens (tertiary/aromatic N) is 4. The second-order valence-corrected chi connectivity index (χ2v) is 6.70. The minimum atomic E-state index is 0.275. The number of nitrogens with two attached hydrogens (primary N) is 1. The third-order valence-electron chi connectivity index (χ3n) is 4.70. The van der Waals surface area contributed by atoms with Gasteiger partial charge in [-0.05, 0) is 31.1 Å². The van der Waals surface area contributed by atoms with Crippen LogP contribution in [0.3, 0.4) is 0 Å². The molecule has 1 atom stereocenters. The molecule has 1 saturated heterocycles. The molecule has 0 radical (unpaired) electrons. The van der Waals surface area contributed by atoms with Gasteiger partial charge in [0, 0.05) is 19.1 Å². The van der Waals surface area contributed by atoms with E-state index in [0.717, 1.165) is 19.5 Å². The lowest BCUT2D eigenvalue weighted by molar-refractivity contribution is 0.349. The van der Waals surface area contributed by atoms with Crippen molar-refractivity contribution in [1.82, 2.24) is 15.0 Å². The van der Waals surface area contributed by atoms with Crippen LogP contribution in [0.1, 0.15) is 46.0 Å². The average molecular weight is 291 g/mol. The number of aromatic nitrogens is 3. The molecule has 1 unspecified atom stereocenters. The zero-order chi connectivity index (χ0) is 14.9. The first kappa shape index (κ1) is 14.3. The van der Waals surface area contributed by atoms with Gasteiger partial charge in [-0.2, -0.15) is 15.0 Å². The molecular formula is C14H25N7. The van der Waals surface area contributed by atoms with Crippen LogP contribution in [0.4, 0.5) is 17.8 Å². The molecular weight excluding hydrogens is 266 g/mol. The summed E-state index contributed by atoms with van der Waals surface area (Å²) < 4.78 is 0. The topological polar surface area (TPSA) is 92.0 Å². The predicted molar refractivity (Wildman–Crippen MR) is 84.1 cm³/mol. The molecule has 0 aromatic carbocycles. The number of anilines is 3. The smallest absolute Gasteiger partial charge is 0.243 e. The lowest BCUT2D eigenvalue weighted by Gasteiger charge is -2.28. The molecule has 0 bridgehead atoms. The second kappa shape index (κ2) is 5.63. The average Bonchev–Trinajstić information content (AvgIpc) is 3.09. The van der Waals surface area contributed by atoms with Gasteiger partial charge in [-0.1, -0.05) is 20.3 Å². The van der Waals surface area contributed by atoms with Crippen LogP contribution in [0.5, 0.6) is 0 Å². The van der Waals surface area contributed by atoms with Crippen molar-refractivity contribution >= 4 is 17.8 Å². The van der Waals surface area contributed by atoms with E-state index in [1.165, 1.54) is 25.7 Å². The van der Waals surface area contributed by atoms with Gasteiger partial charge in [0.05, 0.1) is 0 Å². The van der Waals surface area contributed by atoms with Crippen molar-refractivity contribution < 1.29 is 0 Å². The first-order valence-electron chi connectivity index (χ1n) is 7.83.